The molecule has 1 aromatic rings. The molecular weight excluding hydrogens is 278 g/mol. The molecule has 1 atom stereocenters. The average molecular weight is 297 g/mol. The number of carbonyl (C=O) groups excluding carboxylic acids is 1. The first kappa shape index (κ1) is 16.5. The fraction of sp³-hybridized carbons (Fsp3) is 0.500. The van der Waals surface area contributed by atoms with E-state index < -0.39 is 0 Å². The Bertz CT molecular complexity index is 490. The summed E-state index contributed by atoms with van der Waals surface area (Å²) < 4.78 is 4.92. The minimum absolute atomic E-state index is 0.148. The number of aryl methyl sites for hydroxylation is 2. The predicted molar refractivity (Wildman–Crippen MR) is 80.1 cm³/mol. The molecule has 0 aliphatic heterocycles. The molecule has 0 saturated heterocycles. The first-order valence-electron chi connectivity index (χ1n) is 6.47. The standard InChI is InChI=1S/C14H19NO4S/c1-4-19-14(16)11(3)20-8-7-12-6-5-10(2)9-13(12)15(17)18/h5-6,9,11H,4,7-8H2,1-3H3. The third kappa shape index (κ3) is 4.85. The number of nitro groups is 1. The van der Waals surface area contributed by atoms with Gasteiger partial charge in [-0.25, -0.2) is 0 Å². The summed E-state index contributed by atoms with van der Waals surface area (Å²) in [6.07, 6.45) is 0.561. The maximum Gasteiger partial charge on any atom is 0.318 e. The minimum atomic E-state index is -0.359. The van der Waals surface area contributed by atoms with Gasteiger partial charge < -0.3 is 4.74 Å². The fourth-order valence-corrected chi connectivity index (χ4v) is 2.62. The summed E-state index contributed by atoms with van der Waals surface area (Å²) in [5, 5.41) is 10.7. The highest BCUT2D eigenvalue weighted by Gasteiger charge is 2.16. The highest BCUT2D eigenvalue weighted by molar-refractivity contribution is 8.00. The van der Waals surface area contributed by atoms with Gasteiger partial charge in [0, 0.05) is 11.6 Å². The van der Waals surface area contributed by atoms with E-state index in [-0.39, 0.29) is 21.8 Å². The van der Waals surface area contributed by atoms with Gasteiger partial charge in [0.05, 0.1) is 16.8 Å². The van der Waals surface area contributed by atoms with Gasteiger partial charge in [0.25, 0.3) is 5.69 Å². The maximum atomic E-state index is 11.5. The third-order valence-corrected chi connectivity index (χ3v) is 3.93. The van der Waals surface area contributed by atoms with E-state index in [1.54, 1.807) is 26.0 Å². The lowest BCUT2D eigenvalue weighted by Crippen LogP contribution is -2.17. The fourth-order valence-electron chi connectivity index (χ4n) is 1.73. The summed E-state index contributed by atoms with van der Waals surface area (Å²) in [5.41, 5.74) is 1.71. The zero-order chi connectivity index (χ0) is 15.1. The largest absolute Gasteiger partial charge is 0.465 e. The molecule has 1 aromatic carbocycles. The summed E-state index contributed by atoms with van der Waals surface area (Å²) in [4.78, 5) is 22.1. The van der Waals surface area contributed by atoms with E-state index in [1.165, 1.54) is 11.8 Å². The van der Waals surface area contributed by atoms with Crippen LogP contribution in [0.15, 0.2) is 18.2 Å². The van der Waals surface area contributed by atoms with Gasteiger partial charge in [-0.3, -0.25) is 14.9 Å². The second-order valence-corrected chi connectivity index (χ2v) is 5.85. The molecule has 0 aliphatic carbocycles. The Kier molecular flexibility index (Phi) is 6.51. The highest BCUT2D eigenvalue weighted by atomic mass is 32.2. The lowest BCUT2D eigenvalue weighted by atomic mass is 10.1. The van der Waals surface area contributed by atoms with E-state index in [0.29, 0.717) is 24.3 Å². The Labute approximate surface area is 122 Å². The Morgan fingerprint density at radius 3 is 2.80 bits per heavy atom. The van der Waals surface area contributed by atoms with Gasteiger partial charge >= 0.3 is 5.97 Å². The summed E-state index contributed by atoms with van der Waals surface area (Å²) in [6, 6.07) is 5.22. The molecule has 0 fully saturated rings. The first-order chi connectivity index (χ1) is 9.45. The van der Waals surface area contributed by atoms with E-state index in [9.17, 15) is 14.9 Å². The molecule has 0 amide bonds. The van der Waals surface area contributed by atoms with Crippen LogP contribution in [-0.2, 0) is 16.0 Å². The van der Waals surface area contributed by atoms with Gasteiger partial charge in [-0.05, 0) is 38.5 Å². The number of esters is 1. The Morgan fingerprint density at radius 2 is 2.20 bits per heavy atom. The number of hydrogen-bond acceptors (Lipinski definition) is 5. The van der Waals surface area contributed by atoms with Crippen molar-refractivity contribution in [3.05, 3.63) is 39.4 Å². The van der Waals surface area contributed by atoms with Crippen molar-refractivity contribution in [2.45, 2.75) is 32.4 Å². The van der Waals surface area contributed by atoms with Crippen molar-refractivity contribution < 1.29 is 14.5 Å². The van der Waals surface area contributed by atoms with Gasteiger partial charge in [0.15, 0.2) is 0 Å². The molecule has 1 rings (SSSR count). The van der Waals surface area contributed by atoms with Crippen molar-refractivity contribution in [3.63, 3.8) is 0 Å². The van der Waals surface area contributed by atoms with Crippen LogP contribution in [0, 0.1) is 17.0 Å². The summed E-state index contributed by atoms with van der Waals surface area (Å²) in [6.45, 7) is 5.75. The van der Waals surface area contributed by atoms with Crippen LogP contribution in [0.4, 0.5) is 5.69 Å². The molecule has 0 aliphatic rings. The number of rotatable bonds is 7. The first-order valence-corrected chi connectivity index (χ1v) is 7.52. The van der Waals surface area contributed by atoms with Gasteiger partial charge in [-0.2, -0.15) is 0 Å². The molecule has 20 heavy (non-hydrogen) atoms. The van der Waals surface area contributed by atoms with E-state index in [1.807, 2.05) is 13.0 Å². The van der Waals surface area contributed by atoms with Crippen LogP contribution in [0.2, 0.25) is 0 Å². The Hall–Kier alpha value is -1.56. The summed E-state index contributed by atoms with van der Waals surface area (Å²) in [7, 11) is 0. The molecule has 0 radical (unpaired) electrons. The quantitative estimate of drug-likeness (QED) is 0.439. The minimum Gasteiger partial charge on any atom is -0.465 e. The van der Waals surface area contributed by atoms with Crippen LogP contribution < -0.4 is 0 Å². The number of benzene rings is 1. The van der Waals surface area contributed by atoms with E-state index in [2.05, 4.69) is 0 Å². The Morgan fingerprint density at radius 1 is 1.50 bits per heavy atom. The number of nitro benzene ring substituents is 1. The van der Waals surface area contributed by atoms with Crippen molar-refractivity contribution in [1.82, 2.24) is 0 Å². The topological polar surface area (TPSA) is 69.4 Å². The van der Waals surface area contributed by atoms with E-state index >= 15 is 0 Å². The summed E-state index contributed by atoms with van der Waals surface area (Å²) in [5.74, 6) is 0.403. The van der Waals surface area contributed by atoms with Gasteiger partial charge in [-0.1, -0.05) is 12.1 Å². The molecule has 110 valence electrons. The smallest absolute Gasteiger partial charge is 0.318 e. The van der Waals surface area contributed by atoms with Gasteiger partial charge in [0.1, 0.15) is 0 Å². The van der Waals surface area contributed by atoms with Crippen LogP contribution >= 0.6 is 11.8 Å². The highest BCUT2D eigenvalue weighted by Crippen LogP contribution is 2.23. The number of nitrogens with zero attached hydrogens (tertiary/aromatic N) is 1. The third-order valence-electron chi connectivity index (χ3n) is 2.80. The van der Waals surface area contributed by atoms with Crippen molar-refractivity contribution in [2.24, 2.45) is 0 Å². The predicted octanol–water partition coefficient (Wildman–Crippen LogP) is 3.13. The number of ether oxygens (including phenoxy) is 1. The summed E-state index contributed by atoms with van der Waals surface area (Å²) >= 11 is 1.45. The Balaban J connectivity index is 2.58. The molecule has 0 aromatic heterocycles. The zero-order valence-corrected chi connectivity index (χ0v) is 12.7. The average Bonchev–Trinajstić information content (AvgIpc) is 2.40. The molecule has 0 heterocycles. The second kappa shape index (κ2) is 7.89. The normalized spacial score (nSPS) is 11.9. The van der Waals surface area contributed by atoms with Crippen LogP contribution in [0.3, 0.4) is 0 Å². The van der Waals surface area contributed by atoms with E-state index in [0.717, 1.165) is 5.56 Å². The maximum absolute atomic E-state index is 11.5. The number of thioether (sulfide) groups is 1. The number of carbonyl (C=O) groups is 1. The van der Waals surface area contributed by atoms with Crippen LogP contribution in [-0.4, -0.2) is 28.5 Å². The van der Waals surface area contributed by atoms with E-state index in [4.69, 9.17) is 4.74 Å². The molecule has 0 spiro atoms. The molecule has 0 saturated carbocycles. The van der Waals surface area contributed by atoms with Crippen LogP contribution in [0.5, 0.6) is 0 Å². The lowest BCUT2D eigenvalue weighted by molar-refractivity contribution is -0.385. The molecule has 0 N–H and O–H groups in total. The lowest BCUT2D eigenvalue weighted by Gasteiger charge is -2.10. The van der Waals surface area contributed by atoms with Gasteiger partial charge in [-0.15, -0.1) is 11.8 Å². The molecule has 1 unspecified atom stereocenters. The molecule has 0 bridgehead atoms. The van der Waals surface area contributed by atoms with Crippen molar-refractivity contribution in [1.29, 1.82) is 0 Å². The molecule has 5 nitrogen and oxygen atoms in total. The molecular formula is C14H19NO4S. The van der Waals surface area contributed by atoms with Crippen molar-refractivity contribution in [2.75, 3.05) is 12.4 Å². The SMILES string of the molecule is CCOC(=O)C(C)SCCc1ccc(C)cc1[N+](=O)[O-]. The zero-order valence-electron chi connectivity index (χ0n) is 11.9. The van der Waals surface area contributed by atoms with Crippen molar-refractivity contribution >= 4 is 23.4 Å². The molecule has 6 heteroatoms. The van der Waals surface area contributed by atoms with Crippen LogP contribution in [0.25, 0.3) is 0 Å². The van der Waals surface area contributed by atoms with Crippen molar-refractivity contribution in [3.8, 4) is 0 Å². The monoisotopic (exact) mass is 297 g/mol. The van der Waals surface area contributed by atoms with Gasteiger partial charge in [0.2, 0.25) is 0 Å². The second-order valence-electron chi connectivity index (χ2n) is 4.40. The van der Waals surface area contributed by atoms with Crippen LogP contribution in [0.1, 0.15) is 25.0 Å². The number of hydrogen-bond donors (Lipinski definition) is 0.